The molecule has 9 nitrogen and oxygen atoms in total. The van der Waals surface area contributed by atoms with Gasteiger partial charge in [-0.25, -0.2) is 5.43 Å². The van der Waals surface area contributed by atoms with Crippen LogP contribution in [0.25, 0.3) is 11.1 Å². The smallest absolute Gasteiger partial charge is 0.288 e. The van der Waals surface area contributed by atoms with Crippen LogP contribution in [0.4, 0.5) is 5.69 Å². The van der Waals surface area contributed by atoms with Crippen molar-refractivity contribution in [3.63, 3.8) is 0 Å². The van der Waals surface area contributed by atoms with Crippen molar-refractivity contribution in [1.82, 2.24) is 10.7 Å². The average Bonchev–Trinajstić information content (AvgIpc) is 3.41. The number of halogens is 1. The molecule has 0 saturated carbocycles. The Morgan fingerprint density at radius 1 is 0.950 bits per heavy atom. The second kappa shape index (κ2) is 12.9. The molecule has 2 N–H and O–H groups in total. The first-order chi connectivity index (χ1) is 19.3. The molecule has 4 rings (SSSR count). The van der Waals surface area contributed by atoms with Gasteiger partial charge >= 0.3 is 0 Å². The van der Waals surface area contributed by atoms with E-state index in [2.05, 4.69) is 15.8 Å². The highest BCUT2D eigenvalue weighted by molar-refractivity contribution is 6.32. The minimum absolute atomic E-state index is 0.0169. The zero-order valence-electron chi connectivity index (χ0n) is 21.8. The number of nitro benzene ring substituents is 1. The predicted molar refractivity (Wildman–Crippen MR) is 153 cm³/mol. The zero-order chi connectivity index (χ0) is 28.6. The number of nitro groups is 1. The van der Waals surface area contributed by atoms with Gasteiger partial charge in [-0.2, -0.15) is 5.10 Å². The van der Waals surface area contributed by atoms with Crippen molar-refractivity contribution in [3.8, 4) is 11.1 Å². The molecule has 0 unspecified atom stereocenters. The molecule has 1 atom stereocenters. The predicted octanol–water partition coefficient (Wildman–Crippen LogP) is 5.93. The Hall–Kier alpha value is -4.76. The second-order valence-corrected chi connectivity index (χ2v) is 9.79. The number of carbonyl (C=O) groups excluding carboxylic acids is 2. The molecule has 0 fully saturated rings. The molecule has 3 aromatic carbocycles. The Morgan fingerprint density at radius 2 is 1.57 bits per heavy atom. The molecular formula is C30H27ClN4O5. The summed E-state index contributed by atoms with van der Waals surface area (Å²) in [6, 6.07) is 22.3. The van der Waals surface area contributed by atoms with Crippen LogP contribution in [-0.2, 0) is 9.59 Å². The third-order valence-corrected chi connectivity index (χ3v) is 6.62. The van der Waals surface area contributed by atoms with Gasteiger partial charge in [0, 0.05) is 17.2 Å². The van der Waals surface area contributed by atoms with Gasteiger partial charge in [0.05, 0.1) is 29.6 Å². The Labute approximate surface area is 236 Å². The highest BCUT2D eigenvalue weighted by atomic mass is 35.5. The first-order valence-electron chi connectivity index (χ1n) is 12.5. The molecule has 4 aromatic rings. The Kier molecular flexibility index (Phi) is 9.08. The molecule has 2 amide bonds. The number of nitrogens with zero attached hydrogens (tertiary/aromatic N) is 2. The Balaban J connectivity index is 1.50. The van der Waals surface area contributed by atoms with Gasteiger partial charge in [0.15, 0.2) is 0 Å². The van der Waals surface area contributed by atoms with Crippen molar-refractivity contribution in [2.45, 2.75) is 25.8 Å². The quantitative estimate of drug-likeness (QED) is 0.142. The molecule has 1 aromatic heterocycles. The van der Waals surface area contributed by atoms with Crippen LogP contribution < -0.4 is 10.7 Å². The number of benzene rings is 3. The summed E-state index contributed by atoms with van der Waals surface area (Å²) in [5, 5.41) is 18.2. The summed E-state index contributed by atoms with van der Waals surface area (Å²) in [6.45, 7) is 3.66. The highest BCUT2D eigenvalue weighted by Gasteiger charge is 2.29. The maximum atomic E-state index is 13.5. The van der Waals surface area contributed by atoms with Gasteiger partial charge in [0.2, 0.25) is 5.91 Å². The molecule has 0 saturated heterocycles. The normalized spacial score (nSPS) is 12.0. The van der Waals surface area contributed by atoms with E-state index in [-0.39, 0.29) is 22.5 Å². The molecule has 10 heteroatoms. The highest BCUT2D eigenvalue weighted by Crippen LogP contribution is 2.32. The van der Waals surface area contributed by atoms with Crippen LogP contribution in [0.5, 0.6) is 0 Å². The van der Waals surface area contributed by atoms with Gasteiger partial charge in [-0.1, -0.05) is 92.2 Å². The Bertz CT molecular complexity index is 1480. The first kappa shape index (κ1) is 28.3. The van der Waals surface area contributed by atoms with E-state index in [0.717, 1.165) is 11.1 Å². The van der Waals surface area contributed by atoms with Gasteiger partial charge in [-0.3, -0.25) is 19.7 Å². The number of amides is 2. The Morgan fingerprint density at radius 3 is 2.15 bits per heavy atom. The summed E-state index contributed by atoms with van der Waals surface area (Å²) in [5.74, 6) is -1.63. The molecule has 0 aliphatic rings. The van der Waals surface area contributed by atoms with E-state index in [9.17, 15) is 19.7 Å². The van der Waals surface area contributed by atoms with Crippen LogP contribution >= 0.6 is 11.6 Å². The summed E-state index contributed by atoms with van der Waals surface area (Å²) >= 11 is 5.92. The van der Waals surface area contributed by atoms with Crippen LogP contribution in [0.2, 0.25) is 5.02 Å². The summed E-state index contributed by atoms with van der Waals surface area (Å²) in [4.78, 5) is 37.3. The SMILES string of the molecule is CC(C)[C@H](NC(=O)C(c1ccccc1)c1ccccc1)C(=O)N/N=C/c1cocc1-c1ccc(Cl)c([N+](=O)[O-])c1. The van der Waals surface area contributed by atoms with Crippen molar-refractivity contribution in [2.75, 3.05) is 0 Å². The zero-order valence-corrected chi connectivity index (χ0v) is 22.5. The molecule has 0 bridgehead atoms. The molecule has 204 valence electrons. The van der Waals surface area contributed by atoms with E-state index < -0.39 is 22.8 Å². The number of rotatable bonds is 10. The molecule has 0 spiro atoms. The summed E-state index contributed by atoms with van der Waals surface area (Å²) < 4.78 is 5.27. The number of furan rings is 1. The van der Waals surface area contributed by atoms with Crippen molar-refractivity contribution < 1.29 is 18.9 Å². The maximum absolute atomic E-state index is 13.5. The number of hydrazone groups is 1. The number of hydrogen-bond acceptors (Lipinski definition) is 6. The van der Waals surface area contributed by atoms with Crippen LogP contribution in [0, 0.1) is 16.0 Å². The van der Waals surface area contributed by atoms with E-state index in [1.54, 1.807) is 6.07 Å². The lowest BCUT2D eigenvalue weighted by molar-refractivity contribution is -0.384. The monoisotopic (exact) mass is 558 g/mol. The standard InChI is InChI=1S/C30H27ClN4O5/c1-19(2)28(33-29(36)27(20-9-5-3-6-10-20)21-11-7-4-8-12-21)30(37)34-32-16-23-17-40-18-24(23)22-13-14-25(31)26(15-22)35(38)39/h3-19,27-28H,1-2H3,(H,33,36)(H,34,37)/b32-16+/t28-/m0/s1. The molecule has 1 heterocycles. The number of carbonyl (C=O) groups is 2. The van der Waals surface area contributed by atoms with Gasteiger partial charge in [-0.05, 0) is 28.7 Å². The maximum Gasteiger partial charge on any atom is 0.288 e. The number of nitrogens with one attached hydrogen (secondary N) is 2. The number of hydrogen-bond donors (Lipinski definition) is 2. The third-order valence-electron chi connectivity index (χ3n) is 6.30. The van der Waals surface area contributed by atoms with Crippen LogP contribution in [0.15, 0.2) is 101 Å². The molecule has 40 heavy (non-hydrogen) atoms. The van der Waals surface area contributed by atoms with E-state index in [1.807, 2.05) is 74.5 Å². The fourth-order valence-corrected chi connectivity index (χ4v) is 4.44. The average molecular weight is 559 g/mol. The lowest BCUT2D eigenvalue weighted by Crippen LogP contribution is -2.50. The third kappa shape index (κ3) is 6.62. The lowest BCUT2D eigenvalue weighted by atomic mass is 9.89. The summed E-state index contributed by atoms with van der Waals surface area (Å²) in [7, 11) is 0. The van der Waals surface area contributed by atoms with Crippen LogP contribution in [-0.4, -0.2) is 29.0 Å². The van der Waals surface area contributed by atoms with E-state index in [1.165, 1.54) is 30.9 Å². The fraction of sp³-hybridized carbons (Fsp3) is 0.167. The van der Waals surface area contributed by atoms with Gasteiger partial charge in [-0.15, -0.1) is 0 Å². The lowest BCUT2D eigenvalue weighted by Gasteiger charge is -2.24. The van der Waals surface area contributed by atoms with E-state index in [4.69, 9.17) is 16.0 Å². The molecule has 0 aliphatic heterocycles. The fourth-order valence-electron chi connectivity index (χ4n) is 4.25. The van der Waals surface area contributed by atoms with Crippen molar-refractivity contribution in [2.24, 2.45) is 11.0 Å². The largest absolute Gasteiger partial charge is 0.471 e. The minimum atomic E-state index is -0.859. The minimum Gasteiger partial charge on any atom is -0.471 e. The van der Waals surface area contributed by atoms with Gasteiger partial charge < -0.3 is 9.73 Å². The van der Waals surface area contributed by atoms with Crippen LogP contribution in [0.3, 0.4) is 0 Å². The van der Waals surface area contributed by atoms with Gasteiger partial charge in [0.1, 0.15) is 11.1 Å². The van der Waals surface area contributed by atoms with Crippen molar-refractivity contribution in [1.29, 1.82) is 0 Å². The van der Waals surface area contributed by atoms with E-state index in [0.29, 0.717) is 16.7 Å². The van der Waals surface area contributed by atoms with Crippen molar-refractivity contribution in [3.05, 3.63) is 123 Å². The summed E-state index contributed by atoms with van der Waals surface area (Å²) in [6.07, 6.45) is 4.19. The van der Waals surface area contributed by atoms with E-state index >= 15 is 0 Å². The van der Waals surface area contributed by atoms with Crippen molar-refractivity contribution >= 4 is 35.3 Å². The molecular weight excluding hydrogens is 532 g/mol. The van der Waals surface area contributed by atoms with Crippen LogP contribution in [0.1, 0.15) is 36.5 Å². The van der Waals surface area contributed by atoms with Gasteiger partial charge in [0.25, 0.3) is 11.6 Å². The second-order valence-electron chi connectivity index (χ2n) is 9.38. The molecule has 0 radical (unpaired) electrons. The topological polar surface area (TPSA) is 127 Å². The first-order valence-corrected chi connectivity index (χ1v) is 12.9. The molecule has 0 aliphatic carbocycles. The summed E-state index contributed by atoms with van der Waals surface area (Å²) in [5.41, 5.74) is 5.37.